The predicted octanol–water partition coefficient (Wildman–Crippen LogP) is 1.88. The molecule has 0 fully saturated rings. The molecule has 4 nitrogen and oxygen atoms in total. The lowest BCUT2D eigenvalue weighted by atomic mass is 10.3. The zero-order valence-electron chi connectivity index (χ0n) is 9.04. The van der Waals surface area contributed by atoms with Crippen LogP contribution in [0.3, 0.4) is 0 Å². The number of nitrogens with one attached hydrogen (secondary N) is 1. The molecule has 4 heteroatoms. The van der Waals surface area contributed by atoms with Crippen LogP contribution in [0, 0.1) is 0 Å². The first-order chi connectivity index (χ1) is 6.77. The zero-order valence-corrected chi connectivity index (χ0v) is 9.04. The number of oxazole rings is 1. The minimum atomic E-state index is 0.162. The maximum Gasteiger partial charge on any atom is 0.211 e. The van der Waals surface area contributed by atoms with Gasteiger partial charge in [0, 0.05) is 6.61 Å². The SMILES string of the molecule is CCNC(C)c1ncc(COCC)o1. The number of ether oxygens (including phenoxy) is 1. The highest BCUT2D eigenvalue weighted by molar-refractivity contribution is 4.96. The molecule has 0 aliphatic carbocycles. The van der Waals surface area contributed by atoms with Crippen molar-refractivity contribution in [3.05, 3.63) is 17.8 Å². The van der Waals surface area contributed by atoms with Crippen molar-refractivity contribution < 1.29 is 9.15 Å². The van der Waals surface area contributed by atoms with E-state index in [2.05, 4.69) is 17.2 Å². The van der Waals surface area contributed by atoms with Crippen LogP contribution in [0.15, 0.2) is 10.6 Å². The van der Waals surface area contributed by atoms with E-state index >= 15 is 0 Å². The Balaban J connectivity index is 2.49. The highest BCUT2D eigenvalue weighted by Gasteiger charge is 2.10. The van der Waals surface area contributed by atoms with Crippen LogP contribution in [0.5, 0.6) is 0 Å². The standard InChI is InChI=1S/C10H18N2O2/c1-4-11-8(3)10-12-6-9(14-10)7-13-5-2/h6,8,11H,4-5,7H2,1-3H3. The van der Waals surface area contributed by atoms with Gasteiger partial charge in [0.2, 0.25) is 5.89 Å². The smallest absolute Gasteiger partial charge is 0.211 e. The summed E-state index contributed by atoms with van der Waals surface area (Å²) >= 11 is 0. The van der Waals surface area contributed by atoms with Crippen molar-refractivity contribution >= 4 is 0 Å². The van der Waals surface area contributed by atoms with Gasteiger partial charge in [-0.3, -0.25) is 0 Å². The monoisotopic (exact) mass is 198 g/mol. The summed E-state index contributed by atoms with van der Waals surface area (Å²) in [5, 5.41) is 3.23. The van der Waals surface area contributed by atoms with Crippen LogP contribution in [0.2, 0.25) is 0 Å². The Morgan fingerprint density at radius 1 is 1.57 bits per heavy atom. The molecule has 0 aliphatic rings. The summed E-state index contributed by atoms with van der Waals surface area (Å²) in [6.45, 7) is 8.14. The fourth-order valence-corrected chi connectivity index (χ4v) is 1.19. The molecule has 1 aromatic heterocycles. The molecule has 0 saturated carbocycles. The molecule has 0 aliphatic heterocycles. The van der Waals surface area contributed by atoms with Crippen LogP contribution in [0.1, 0.15) is 38.5 Å². The Morgan fingerprint density at radius 2 is 2.36 bits per heavy atom. The summed E-state index contributed by atoms with van der Waals surface area (Å²) in [5.74, 6) is 1.51. The van der Waals surface area contributed by atoms with Crippen molar-refractivity contribution in [3.63, 3.8) is 0 Å². The third kappa shape index (κ3) is 3.12. The molecule has 1 N–H and O–H groups in total. The minimum absolute atomic E-state index is 0.162. The van der Waals surface area contributed by atoms with E-state index in [4.69, 9.17) is 9.15 Å². The van der Waals surface area contributed by atoms with Crippen molar-refractivity contribution in [2.75, 3.05) is 13.2 Å². The van der Waals surface area contributed by atoms with Gasteiger partial charge >= 0.3 is 0 Å². The molecule has 1 atom stereocenters. The molecule has 1 heterocycles. The quantitative estimate of drug-likeness (QED) is 0.758. The third-order valence-electron chi connectivity index (χ3n) is 1.90. The summed E-state index contributed by atoms with van der Waals surface area (Å²) < 4.78 is 10.7. The molecule has 80 valence electrons. The topological polar surface area (TPSA) is 47.3 Å². The minimum Gasteiger partial charge on any atom is -0.442 e. The van der Waals surface area contributed by atoms with Gasteiger partial charge in [-0.15, -0.1) is 0 Å². The molecule has 1 rings (SSSR count). The Labute approximate surface area is 84.7 Å². The first-order valence-corrected chi connectivity index (χ1v) is 5.03. The van der Waals surface area contributed by atoms with Crippen LogP contribution >= 0.6 is 0 Å². The summed E-state index contributed by atoms with van der Waals surface area (Å²) in [5.41, 5.74) is 0. The summed E-state index contributed by atoms with van der Waals surface area (Å²) in [6, 6.07) is 0.162. The van der Waals surface area contributed by atoms with Gasteiger partial charge in [0.25, 0.3) is 0 Å². The van der Waals surface area contributed by atoms with E-state index in [1.807, 2.05) is 13.8 Å². The lowest BCUT2D eigenvalue weighted by Gasteiger charge is -2.06. The Bertz CT molecular complexity index is 260. The summed E-state index contributed by atoms with van der Waals surface area (Å²) in [4.78, 5) is 4.18. The molecular weight excluding hydrogens is 180 g/mol. The fourth-order valence-electron chi connectivity index (χ4n) is 1.19. The van der Waals surface area contributed by atoms with Crippen LogP contribution in [0.4, 0.5) is 0 Å². The number of aromatic nitrogens is 1. The normalized spacial score (nSPS) is 13.1. The first kappa shape index (κ1) is 11.2. The Hall–Kier alpha value is -0.870. The lowest BCUT2D eigenvalue weighted by molar-refractivity contribution is 0.116. The maximum atomic E-state index is 5.50. The second-order valence-corrected chi connectivity index (χ2v) is 3.08. The zero-order chi connectivity index (χ0) is 10.4. The van der Waals surface area contributed by atoms with Crippen molar-refractivity contribution in [1.29, 1.82) is 0 Å². The molecule has 0 spiro atoms. The number of hydrogen-bond donors (Lipinski definition) is 1. The first-order valence-electron chi connectivity index (χ1n) is 5.03. The van der Waals surface area contributed by atoms with E-state index in [0.717, 1.165) is 18.2 Å². The molecule has 1 aromatic rings. The average Bonchev–Trinajstić information content (AvgIpc) is 2.63. The van der Waals surface area contributed by atoms with Crippen molar-refractivity contribution in [2.45, 2.75) is 33.4 Å². The van der Waals surface area contributed by atoms with Gasteiger partial charge in [0.05, 0.1) is 12.2 Å². The number of hydrogen-bond acceptors (Lipinski definition) is 4. The molecule has 0 aromatic carbocycles. The molecule has 1 unspecified atom stereocenters. The van der Waals surface area contributed by atoms with Crippen molar-refractivity contribution in [2.24, 2.45) is 0 Å². The van der Waals surface area contributed by atoms with Gasteiger partial charge in [-0.1, -0.05) is 6.92 Å². The van der Waals surface area contributed by atoms with E-state index < -0.39 is 0 Å². The van der Waals surface area contributed by atoms with Gasteiger partial charge in [0.1, 0.15) is 12.4 Å². The second kappa shape index (κ2) is 5.78. The van der Waals surface area contributed by atoms with E-state index in [-0.39, 0.29) is 6.04 Å². The summed E-state index contributed by atoms with van der Waals surface area (Å²) in [7, 11) is 0. The molecule has 14 heavy (non-hydrogen) atoms. The summed E-state index contributed by atoms with van der Waals surface area (Å²) in [6.07, 6.45) is 1.72. The largest absolute Gasteiger partial charge is 0.442 e. The van der Waals surface area contributed by atoms with Crippen LogP contribution < -0.4 is 5.32 Å². The average molecular weight is 198 g/mol. The number of rotatable bonds is 6. The lowest BCUT2D eigenvalue weighted by Crippen LogP contribution is -2.17. The van der Waals surface area contributed by atoms with Crippen molar-refractivity contribution in [3.8, 4) is 0 Å². The van der Waals surface area contributed by atoms with Gasteiger partial charge < -0.3 is 14.5 Å². The van der Waals surface area contributed by atoms with Gasteiger partial charge in [-0.2, -0.15) is 0 Å². The van der Waals surface area contributed by atoms with Crippen molar-refractivity contribution in [1.82, 2.24) is 10.3 Å². The third-order valence-corrected chi connectivity index (χ3v) is 1.90. The van der Waals surface area contributed by atoms with E-state index in [0.29, 0.717) is 13.2 Å². The van der Waals surface area contributed by atoms with E-state index in [1.165, 1.54) is 0 Å². The Kier molecular flexibility index (Phi) is 4.62. The maximum absolute atomic E-state index is 5.50. The fraction of sp³-hybridized carbons (Fsp3) is 0.700. The number of nitrogens with zero attached hydrogens (tertiary/aromatic N) is 1. The van der Waals surface area contributed by atoms with E-state index in [1.54, 1.807) is 6.20 Å². The Morgan fingerprint density at radius 3 is 3.00 bits per heavy atom. The van der Waals surface area contributed by atoms with Crippen LogP contribution in [-0.2, 0) is 11.3 Å². The highest BCUT2D eigenvalue weighted by atomic mass is 16.5. The van der Waals surface area contributed by atoms with Gasteiger partial charge in [0.15, 0.2) is 0 Å². The van der Waals surface area contributed by atoms with Gasteiger partial charge in [-0.25, -0.2) is 4.98 Å². The van der Waals surface area contributed by atoms with Crippen LogP contribution in [-0.4, -0.2) is 18.1 Å². The predicted molar refractivity (Wildman–Crippen MR) is 53.9 cm³/mol. The molecule has 0 bridgehead atoms. The molecule has 0 radical (unpaired) electrons. The molecule has 0 amide bonds. The molecular formula is C10H18N2O2. The highest BCUT2D eigenvalue weighted by Crippen LogP contribution is 2.12. The molecule has 0 saturated heterocycles. The van der Waals surface area contributed by atoms with Crippen LogP contribution in [0.25, 0.3) is 0 Å². The van der Waals surface area contributed by atoms with E-state index in [9.17, 15) is 0 Å². The second-order valence-electron chi connectivity index (χ2n) is 3.08. The van der Waals surface area contributed by atoms with Gasteiger partial charge in [-0.05, 0) is 20.4 Å².